The maximum atomic E-state index is 13.9. The van der Waals surface area contributed by atoms with Gasteiger partial charge in [-0.15, -0.1) is 0 Å². The Morgan fingerprint density at radius 2 is 1.28 bits per heavy atom. The number of hydrogen-bond acceptors (Lipinski definition) is 4. The third-order valence-electron chi connectivity index (χ3n) is 6.31. The highest BCUT2D eigenvalue weighted by Gasteiger charge is 2.21. The molecule has 5 aromatic rings. The van der Waals surface area contributed by atoms with Crippen molar-refractivity contribution in [3.63, 3.8) is 0 Å². The van der Waals surface area contributed by atoms with E-state index in [9.17, 15) is 14.4 Å². The van der Waals surface area contributed by atoms with E-state index in [1.165, 1.54) is 20.8 Å². The normalized spacial score (nSPS) is 11.2. The Kier molecular flexibility index (Phi) is 5.90. The minimum absolute atomic E-state index is 0.220. The van der Waals surface area contributed by atoms with Gasteiger partial charge in [0.1, 0.15) is 11.0 Å². The largest absolute Gasteiger partial charge is 0.355 e. The molecule has 3 aromatic carbocycles. The summed E-state index contributed by atoms with van der Waals surface area (Å²) in [4.78, 5) is 40.8. The number of pyridine rings is 1. The van der Waals surface area contributed by atoms with Gasteiger partial charge in [0.2, 0.25) is 0 Å². The first-order chi connectivity index (χ1) is 17.4. The number of nitrogens with one attached hydrogen (secondary N) is 1. The van der Waals surface area contributed by atoms with E-state index in [0.29, 0.717) is 23.0 Å². The van der Waals surface area contributed by atoms with Crippen LogP contribution in [0.3, 0.4) is 0 Å². The summed E-state index contributed by atoms with van der Waals surface area (Å²) >= 11 is 0. The van der Waals surface area contributed by atoms with Gasteiger partial charge in [0.15, 0.2) is 0 Å². The van der Waals surface area contributed by atoms with Crippen molar-refractivity contribution in [3.05, 3.63) is 128 Å². The van der Waals surface area contributed by atoms with Gasteiger partial charge in [-0.1, -0.05) is 62.4 Å². The van der Waals surface area contributed by atoms with Crippen molar-refractivity contribution < 1.29 is 0 Å². The molecule has 0 aliphatic heterocycles. The molecule has 0 fully saturated rings. The Bertz CT molecular complexity index is 1730. The SMILES string of the molecule is CC(C)c1ccc(Nc2cc(=O)n(C)c3c2c(=O)n(-c2ccccc2)c(=O)n3-c2ccccc2)cc1. The lowest BCUT2D eigenvalue weighted by atomic mass is 10.0. The Labute approximate surface area is 207 Å². The highest BCUT2D eigenvalue weighted by atomic mass is 16.2. The molecule has 0 atom stereocenters. The summed E-state index contributed by atoms with van der Waals surface area (Å²) in [6.07, 6.45) is 0. The van der Waals surface area contributed by atoms with E-state index < -0.39 is 11.2 Å². The lowest BCUT2D eigenvalue weighted by Gasteiger charge is -2.19. The summed E-state index contributed by atoms with van der Waals surface area (Å²) in [6.45, 7) is 4.23. The Morgan fingerprint density at radius 3 is 1.83 bits per heavy atom. The van der Waals surface area contributed by atoms with Gasteiger partial charge in [-0.2, -0.15) is 0 Å². The zero-order chi connectivity index (χ0) is 25.4. The van der Waals surface area contributed by atoms with Crippen molar-refractivity contribution >= 4 is 22.4 Å². The summed E-state index contributed by atoms with van der Waals surface area (Å²) in [5, 5.41) is 3.49. The third kappa shape index (κ3) is 3.94. The lowest BCUT2D eigenvalue weighted by Crippen LogP contribution is -2.40. The zero-order valence-corrected chi connectivity index (χ0v) is 20.3. The van der Waals surface area contributed by atoms with Gasteiger partial charge >= 0.3 is 5.69 Å². The van der Waals surface area contributed by atoms with Gasteiger partial charge < -0.3 is 5.32 Å². The van der Waals surface area contributed by atoms with E-state index >= 15 is 0 Å². The average molecular weight is 479 g/mol. The van der Waals surface area contributed by atoms with Crippen molar-refractivity contribution in [3.8, 4) is 11.4 Å². The molecule has 0 spiro atoms. The van der Waals surface area contributed by atoms with E-state index in [0.717, 1.165) is 10.3 Å². The molecular weight excluding hydrogens is 452 g/mol. The Morgan fingerprint density at radius 1 is 0.722 bits per heavy atom. The first kappa shape index (κ1) is 23.1. The van der Waals surface area contributed by atoms with Crippen molar-refractivity contribution in [2.24, 2.45) is 7.05 Å². The van der Waals surface area contributed by atoms with Crippen molar-refractivity contribution in [2.75, 3.05) is 5.32 Å². The molecule has 5 rings (SSSR count). The van der Waals surface area contributed by atoms with Gasteiger partial charge in [-0.05, 0) is 47.9 Å². The third-order valence-corrected chi connectivity index (χ3v) is 6.31. The number of aromatic nitrogens is 3. The summed E-state index contributed by atoms with van der Waals surface area (Å²) in [6, 6.07) is 27.1. The standard InChI is InChI=1S/C29H26N4O3/c1-19(2)20-14-16-21(17-15-20)30-24-18-25(34)31(3)27-26(24)28(35)33(23-12-8-5-9-13-23)29(36)32(27)22-10-6-4-7-11-22/h4-19,30H,1-3H3. The van der Waals surface area contributed by atoms with E-state index in [2.05, 4.69) is 19.2 Å². The van der Waals surface area contributed by atoms with Crippen LogP contribution in [0.25, 0.3) is 22.4 Å². The molecule has 0 bridgehead atoms. The van der Waals surface area contributed by atoms with Crippen LogP contribution in [0.4, 0.5) is 11.4 Å². The van der Waals surface area contributed by atoms with Gasteiger partial charge in [0.25, 0.3) is 11.1 Å². The van der Waals surface area contributed by atoms with Crippen molar-refractivity contribution in [1.82, 2.24) is 13.7 Å². The van der Waals surface area contributed by atoms with Gasteiger partial charge in [0.05, 0.1) is 17.1 Å². The molecule has 0 amide bonds. The fourth-order valence-electron chi connectivity index (χ4n) is 4.37. The van der Waals surface area contributed by atoms with Crippen LogP contribution in [0.1, 0.15) is 25.3 Å². The number of benzene rings is 3. The van der Waals surface area contributed by atoms with E-state index in [4.69, 9.17) is 0 Å². The molecule has 0 unspecified atom stereocenters. The number of rotatable bonds is 5. The van der Waals surface area contributed by atoms with Crippen LogP contribution in [-0.4, -0.2) is 13.7 Å². The van der Waals surface area contributed by atoms with E-state index in [-0.39, 0.29) is 16.6 Å². The molecule has 0 aliphatic carbocycles. The van der Waals surface area contributed by atoms with Crippen LogP contribution < -0.4 is 22.1 Å². The maximum Gasteiger partial charge on any atom is 0.341 e. The van der Waals surface area contributed by atoms with Crippen LogP contribution in [0.2, 0.25) is 0 Å². The van der Waals surface area contributed by atoms with Crippen LogP contribution in [0.5, 0.6) is 0 Å². The molecule has 180 valence electrons. The second-order valence-electron chi connectivity index (χ2n) is 8.99. The molecule has 0 saturated heterocycles. The van der Waals surface area contributed by atoms with Gasteiger partial charge in [-0.25, -0.2) is 13.9 Å². The number of hydrogen-bond donors (Lipinski definition) is 1. The molecule has 2 aromatic heterocycles. The highest BCUT2D eigenvalue weighted by molar-refractivity contribution is 5.91. The van der Waals surface area contributed by atoms with Gasteiger partial charge in [0, 0.05) is 18.8 Å². The van der Waals surface area contributed by atoms with E-state index in [1.54, 1.807) is 43.4 Å². The van der Waals surface area contributed by atoms with Crippen LogP contribution in [0, 0.1) is 0 Å². The first-order valence-corrected chi connectivity index (χ1v) is 11.8. The predicted octanol–water partition coefficient (Wildman–Crippen LogP) is 4.71. The van der Waals surface area contributed by atoms with Crippen molar-refractivity contribution in [2.45, 2.75) is 19.8 Å². The van der Waals surface area contributed by atoms with Gasteiger partial charge in [-0.3, -0.25) is 14.2 Å². The monoisotopic (exact) mass is 478 g/mol. The summed E-state index contributed by atoms with van der Waals surface area (Å²) in [5.74, 6) is 0.377. The fourth-order valence-corrected chi connectivity index (χ4v) is 4.37. The number of fused-ring (bicyclic) bond motifs is 1. The molecule has 1 N–H and O–H groups in total. The van der Waals surface area contributed by atoms with Crippen LogP contribution in [-0.2, 0) is 7.05 Å². The summed E-state index contributed by atoms with van der Waals surface area (Å²) < 4.78 is 3.90. The number of aryl methyl sites for hydroxylation is 1. The van der Waals surface area contributed by atoms with E-state index in [1.807, 2.05) is 48.5 Å². The van der Waals surface area contributed by atoms with Crippen LogP contribution >= 0.6 is 0 Å². The second-order valence-corrected chi connectivity index (χ2v) is 8.99. The summed E-state index contributed by atoms with van der Waals surface area (Å²) in [5.41, 5.74) is 2.05. The Hall–Kier alpha value is -4.65. The highest BCUT2D eigenvalue weighted by Crippen LogP contribution is 2.25. The first-order valence-electron chi connectivity index (χ1n) is 11.8. The predicted molar refractivity (Wildman–Crippen MR) is 144 cm³/mol. The molecule has 2 heterocycles. The molecule has 7 nitrogen and oxygen atoms in total. The lowest BCUT2D eigenvalue weighted by molar-refractivity contribution is 0.784. The fraction of sp³-hybridized carbons (Fsp3) is 0.138. The Balaban J connectivity index is 1.88. The topological polar surface area (TPSA) is 78.0 Å². The molecule has 36 heavy (non-hydrogen) atoms. The number of para-hydroxylation sites is 2. The minimum Gasteiger partial charge on any atom is -0.355 e. The molecule has 0 aliphatic rings. The number of nitrogens with zero attached hydrogens (tertiary/aromatic N) is 3. The molecule has 7 heteroatoms. The maximum absolute atomic E-state index is 13.9. The smallest absolute Gasteiger partial charge is 0.341 e. The molecule has 0 saturated carbocycles. The van der Waals surface area contributed by atoms with Crippen LogP contribution in [0.15, 0.2) is 105 Å². The number of anilines is 2. The second kappa shape index (κ2) is 9.19. The summed E-state index contributed by atoms with van der Waals surface area (Å²) in [7, 11) is 1.57. The molecule has 0 radical (unpaired) electrons. The molecular formula is C29H26N4O3. The average Bonchev–Trinajstić information content (AvgIpc) is 2.88. The quantitative estimate of drug-likeness (QED) is 0.397. The minimum atomic E-state index is -0.557. The van der Waals surface area contributed by atoms with Crippen molar-refractivity contribution in [1.29, 1.82) is 0 Å². The zero-order valence-electron chi connectivity index (χ0n) is 20.3.